The van der Waals surface area contributed by atoms with Crippen LogP contribution < -0.4 is 4.74 Å². The summed E-state index contributed by atoms with van der Waals surface area (Å²) in [5, 5.41) is 0. The Morgan fingerprint density at radius 1 is 1.06 bits per heavy atom. The number of ether oxygens (including phenoxy) is 1. The zero-order valence-corrected chi connectivity index (χ0v) is 10.5. The molecule has 0 saturated heterocycles. The van der Waals surface area contributed by atoms with E-state index < -0.39 is 0 Å². The maximum Gasteiger partial charge on any atom is 0.118 e. The number of hydrogen-bond donors (Lipinski definition) is 0. The molecule has 88 valence electrons. The highest BCUT2D eigenvalue weighted by Crippen LogP contribution is 2.15. The first kappa shape index (κ1) is 11.6. The van der Waals surface area contributed by atoms with Gasteiger partial charge in [-0.3, -0.25) is 4.98 Å². The molecule has 2 rings (SSSR count). The number of pyridine rings is 1. The van der Waals surface area contributed by atoms with Crippen molar-refractivity contribution >= 4 is 0 Å². The van der Waals surface area contributed by atoms with Gasteiger partial charge in [0.25, 0.3) is 0 Å². The SMILES string of the molecule is COc1ccc(Cc2cc(C)c(C)cn2)cc1. The van der Waals surface area contributed by atoms with E-state index in [1.165, 1.54) is 16.7 Å². The largest absolute Gasteiger partial charge is 0.497 e. The lowest BCUT2D eigenvalue weighted by molar-refractivity contribution is 0.414. The number of hydrogen-bond acceptors (Lipinski definition) is 2. The fourth-order valence-corrected chi connectivity index (χ4v) is 1.73. The Bertz CT molecular complexity index is 503. The van der Waals surface area contributed by atoms with E-state index in [9.17, 15) is 0 Å². The standard InChI is InChI=1S/C15H17NO/c1-11-8-14(16-10-12(11)2)9-13-4-6-15(17-3)7-5-13/h4-8,10H,9H2,1-3H3. The average Bonchev–Trinajstić information content (AvgIpc) is 2.35. The minimum Gasteiger partial charge on any atom is -0.497 e. The predicted octanol–water partition coefficient (Wildman–Crippen LogP) is 3.30. The third-order valence-electron chi connectivity index (χ3n) is 2.97. The van der Waals surface area contributed by atoms with Gasteiger partial charge < -0.3 is 4.74 Å². The first-order chi connectivity index (χ1) is 8.19. The van der Waals surface area contributed by atoms with Crippen molar-refractivity contribution in [3.8, 4) is 5.75 Å². The first-order valence-electron chi connectivity index (χ1n) is 5.74. The number of benzene rings is 1. The van der Waals surface area contributed by atoms with Crippen LogP contribution in [0.4, 0.5) is 0 Å². The van der Waals surface area contributed by atoms with Crippen molar-refractivity contribution in [2.24, 2.45) is 0 Å². The minimum absolute atomic E-state index is 0.866. The van der Waals surface area contributed by atoms with Gasteiger partial charge in [-0.2, -0.15) is 0 Å². The fraction of sp³-hybridized carbons (Fsp3) is 0.267. The summed E-state index contributed by atoms with van der Waals surface area (Å²) in [5.74, 6) is 0.891. The Morgan fingerprint density at radius 2 is 1.76 bits per heavy atom. The van der Waals surface area contributed by atoms with Crippen molar-refractivity contribution in [3.05, 3.63) is 58.9 Å². The van der Waals surface area contributed by atoms with Gasteiger partial charge in [-0.1, -0.05) is 12.1 Å². The van der Waals surface area contributed by atoms with Crippen LogP contribution in [0.25, 0.3) is 0 Å². The number of rotatable bonds is 3. The number of nitrogens with zero attached hydrogens (tertiary/aromatic N) is 1. The molecule has 1 heterocycles. The lowest BCUT2D eigenvalue weighted by Crippen LogP contribution is -1.94. The van der Waals surface area contributed by atoms with Gasteiger partial charge in [0.1, 0.15) is 5.75 Å². The van der Waals surface area contributed by atoms with E-state index in [-0.39, 0.29) is 0 Å². The second kappa shape index (κ2) is 5.00. The van der Waals surface area contributed by atoms with E-state index in [0.717, 1.165) is 17.9 Å². The number of aryl methyl sites for hydroxylation is 2. The molecule has 0 radical (unpaired) electrons. The summed E-state index contributed by atoms with van der Waals surface area (Å²) in [6, 6.07) is 10.3. The van der Waals surface area contributed by atoms with Crippen LogP contribution in [0.3, 0.4) is 0 Å². The van der Waals surface area contributed by atoms with Crippen molar-refractivity contribution in [2.45, 2.75) is 20.3 Å². The van der Waals surface area contributed by atoms with E-state index in [2.05, 4.69) is 37.0 Å². The molecule has 0 amide bonds. The molecular weight excluding hydrogens is 210 g/mol. The van der Waals surface area contributed by atoms with Gasteiger partial charge in [0, 0.05) is 18.3 Å². The fourth-order valence-electron chi connectivity index (χ4n) is 1.73. The van der Waals surface area contributed by atoms with E-state index in [4.69, 9.17) is 4.74 Å². The summed E-state index contributed by atoms with van der Waals surface area (Å²) in [7, 11) is 1.68. The molecule has 2 aromatic rings. The van der Waals surface area contributed by atoms with Crippen LogP contribution in [0.1, 0.15) is 22.4 Å². The molecule has 0 aliphatic heterocycles. The molecule has 0 unspecified atom stereocenters. The first-order valence-corrected chi connectivity index (χ1v) is 5.74. The highest BCUT2D eigenvalue weighted by molar-refractivity contribution is 5.31. The van der Waals surface area contributed by atoms with Crippen LogP contribution in [-0.2, 0) is 6.42 Å². The maximum atomic E-state index is 5.14. The molecule has 0 spiro atoms. The zero-order chi connectivity index (χ0) is 12.3. The van der Waals surface area contributed by atoms with Crippen molar-refractivity contribution in [1.29, 1.82) is 0 Å². The van der Waals surface area contributed by atoms with Gasteiger partial charge in [-0.05, 0) is 48.7 Å². The Morgan fingerprint density at radius 3 is 2.35 bits per heavy atom. The smallest absolute Gasteiger partial charge is 0.118 e. The second-order valence-electron chi connectivity index (χ2n) is 4.28. The topological polar surface area (TPSA) is 22.1 Å². The zero-order valence-electron chi connectivity index (χ0n) is 10.5. The maximum absolute atomic E-state index is 5.14. The van der Waals surface area contributed by atoms with Gasteiger partial charge in [-0.15, -0.1) is 0 Å². The summed E-state index contributed by atoms with van der Waals surface area (Å²) >= 11 is 0. The lowest BCUT2D eigenvalue weighted by Gasteiger charge is -2.05. The number of aromatic nitrogens is 1. The van der Waals surface area contributed by atoms with Crippen LogP contribution >= 0.6 is 0 Å². The molecule has 1 aromatic heterocycles. The average molecular weight is 227 g/mol. The molecule has 0 aliphatic rings. The quantitative estimate of drug-likeness (QED) is 0.802. The molecule has 0 bridgehead atoms. The summed E-state index contributed by atoms with van der Waals surface area (Å²) in [6.45, 7) is 4.20. The summed E-state index contributed by atoms with van der Waals surface area (Å²) < 4.78 is 5.14. The summed E-state index contributed by atoms with van der Waals surface area (Å²) in [4.78, 5) is 4.45. The molecule has 2 nitrogen and oxygen atoms in total. The summed E-state index contributed by atoms with van der Waals surface area (Å²) in [6.07, 6.45) is 2.80. The molecule has 0 aliphatic carbocycles. The Balaban J connectivity index is 2.16. The normalized spacial score (nSPS) is 10.3. The van der Waals surface area contributed by atoms with Gasteiger partial charge in [0.15, 0.2) is 0 Å². The van der Waals surface area contributed by atoms with Crippen molar-refractivity contribution < 1.29 is 4.74 Å². The number of methoxy groups -OCH3 is 1. The molecule has 0 N–H and O–H groups in total. The Labute approximate surface area is 102 Å². The monoisotopic (exact) mass is 227 g/mol. The van der Waals surface area contributed by atoms with Crippen molar-refractivity contribution in [2.75, 3.05) is 7.11 Å². The molecule has 0 atom stereocenters. The molecule has 0 saturated carbocycles. The van der Waals surface area contributed by atoms with Crippen LogP contribution in [0.15, 0.2) is 36.5 Å². The third kappa shape index (κ3) is 2.84. The van der Waals surface area contributed by atoms with E-state index in [1.807, 2.05) is 18.3 Å². The van der Waals surface area contributed by atoms with Gasteiger partial charge in [0.05, 0.1) is 7.11 Å². The highest BCUT2D eigenvalue weighted by atomic mass is 16.5. The van der Waals surface area contributed by atoms with Crippen molar-refractivity contribution in [3.63, 3.8) is 0 Å². The molecule has 1 aromatic carbocycles. The molecule has 17 heavy (non-hydrogen) atoms. The summed E-state index contributed by atoms with van der Waals surface area (Å²) in [5.41, 5.74) is 4.90. The highest BCUT2D eigenvalue weighted by Gasteiger charge is 2.00. The Hall–Kier alpha value is -1.83. The van der Waals surface area contributed by atoms with Crippen LogP contribution in [-0.4, -0.2) is 12.1 Å². The van der Waals surface area contributed by atoms with Gasteiger partial charge >= 0.3 is 0 Å². The van der Waals surface area contributed by atoms with E-state index >= 15 is 0 Å². The van der Waals surface area contributed by atoms with Crippen LogP contribution in [0.5, 0.6) is 5.75 Å². The predicted molar refractivity (Wildman–Crippen MR) is 69.5 cm³/mol. The van der Waals surface area contributed by atoms with Crippen molar-refractivity contribution in [1.82, 2.24) is 4.98 Å². The van der Waals surface area contributed by atoms with Gasteiger partial charge in [0.2, 0.25) is 0 Å². The van der Waals surface area contributed by atoms with E-state index in [0.29, 0.717) is 0 Å². The van der Waals surface area contributed by atoms with Gasteiger partial charge in [-0.25, -0.2) is 0 Å². The molecule has 0 fully saturated rings. The lowest BCUT2D eigenvalue weighted by atomic mass is 10.1. The van der Waals surface area contributed by atoms with Crippen LogP contribution in [0, 0.1) is 13.8 Å². The minimum atomic E-state index is 0.866. The van der Waals surface area contributed by atoms with Crippen LogP contribution in [0.2, 0.25) is 0 Å². The Kier molecular flexibility index (Phi) is 3.43. The molecule has 2 heteroatoms. The van der Waals surface area contributed by atoms with E-state index in [1.54, 1.807) is 7.11 Å². The second-order valence-corrected chi connectivity index (χ2v) is 4.28. The third-order valence-corrected chi connectivity index (χ3v) is 2.97. The molecular formula is C15H17NO.